The highest BCUT2D eigenvalue weighted by molar-refractivity contribution is 7.13. The molecule has 2 saturated heterocycles. The Morgan fingerprint density at radius 2 is 1.90 bits per heavy atom. The molecule has 0 atom stereocenters. The number of benzene rings is 1. The molecule has 3 heterocycles. The average Bonchev–Trinajstić information content (AvgIpc) is 3.16. The Morgan fingerprint density at radius 1 is 1.10 bits per heavy atom. The summed E-state index contributed by atoms with van der Waals surface area (Å²) in [6, 6.07) is 12.4. The molecule has 0 bridgehead atoms. The van der Waals surface area contributed by atoms with Crippen molar-refractivity contribution < 1.29 is 9.59 Å². The summed E-state index contributed by atoms with van der Waals surface area (Å²) >= 11 is 1.61. The molecule has 1 aromatic heterocycles. The fourth-order valence-electron chi connectivity index (χ4n) is 4.89. The summed E-state index contributed by atoms with van der Waals surface area (Å²) in [4.78, 5) is 30.4. The molecule has 0 aliphatic carbocycles. The molecule has 1 amide bonds. The predicted octanol–water partition coefficient (Wildman–Crippen LogP) is 4.32. The Bertz CT molecular complexity index is 867. The third-order valence-electron chi connectivity index (χ3n) is 6.53. The largest absolute Gasteiger partial charge is 0.337 e. The number of rotatable bonds is 5. The van der Waals surface area contributed by atoms with Crippen LogP contribution in [0.5, 0.6) is 0 Å². The molecular weight excluding hydrogens is 380 g/mol. The van der Waals surface area contributed by atoms with E-state index in [0.29, 0.717) is 6.42 Å². The average molecular weight is 411 g/mol. The standard InChI is InChI=1S/C24H30N2O2S/c1-19-6-7-22(29-19)23(28)26-12-3-9-24(18-26)10-13-25(14-11-24)17-21-5-2-4-20(16-21)8-15-27/h2,4-7,15-16H,3,8-14,17-18H2,1H3. The van der Waals surface area contributed by atoms with Gasteiger partial charge in [-0.15, -0.1) is 11.3 Å². The van der Waals surface area contributed by atoms with Gasteiger partial charge in [0, 0.05) is 30.9 Å². The van der Waals surface area contributed by atoms with Gasteiger partial charge >= 0.3 is 0 Å². The zero-order valence-corrected chi connectivity index (χ0v) is 18.0. The van der Waals surface area contributed by atoms with E-state index >= 15 is 0 Å². The molecule has 4 nitrogen and oxygen atoms in total. The number of piperidine rings is 2. The fraction of sp³-hybridized carbons (Fsp3) is 0.500. The number of amides is 1. The summed E-state index contributed by atoms with van der Waals surface area (Å²) in [6.45, 7) is 6.97. The molecule has 1 aromatic carbocycles. The highest BCUT2D eigenvalue weighted by Crippen LogP contribution is 2.40. The van der Waals surface area contributed by atoms with Gasteiger partial charge in [-0.05, 0) is 74.4 Å². The van der Waals surface area contributed by atoms with E-state index in [1.807, 2.05) is 18.2 Å². The highest BCUT2D eigenvalue weighted by atomic mass is 32.1. The first-order valence-electron chi connectivity index (χ1n) is 10.7. The molecule has 0 radical (unpaired) electrons. The van der Waals surface area contributed by atoms with Crippen molar-refractivity contribution in [2.24, 2.45) is 5.41 Å². The molecule has 2 aliphatic rings. The number of likely N-dealkylation sites (tertiary alicyclic amines) is 2. The highest BCUT2D eigenvalue weighted by Gasteiger charge is 2.39. The van der Waals surface area contributed by atoms with Gasteiger partial charge < -0.3 is 9.69 Å². The van der Waals surface area contributed by atoms with Gasteiger partial charge in [0.2, 0.25) is 0 Å². The van der Waals surface area contributed by atoms with Gasteiger partial charge in [-0.25, -0.2) is 0 Å². The van der Waals surface area contributed by atoms with Crippen LogP contribution >= 0.6 is 11.3 Å². The molecule has 2 fully saturated rings. The van der Waals surface area contributed by atoms with E-state index in [4.69, 9.17) is 0 Å². The lowest BCUT2D eigenvalue weighted by atomic mass is 9.72. The fourth-order valence-corrected chi connectivity index (χ4v) is 5.73. The molecule has 154 valence electrons. The smallest absolute Gasteiger partial charge is 0.263 e. The molecule has 4 rings (SSSR count). The Morgan fingerprint density at radius 3 is 2.62 bits per heavy atom. The summed E-state index contributed by atoms with van der Waals surface area (Å²) in [5, 5.41) is 0. The first kappa shape index (κ1) is 20.3. The van der Waals surface area contributed by atoms with Gasteiger partial charge in [0.15, 0.2) is 0 Å². The Labute approximate surface area is 177 Å². The van der Waals surface area contributed by atoms with Crippen LogP contribution in [-0.4, -0.2) is 48.2 Å². The first-order chi connectivity index (χ1) is 14.1. The van der Waals surface area contributed by atoms with Gasteiger partial charge in [0.05, 0.1) is 4.88 Å². The van der Waals surface area contributed by atoms with Crippen molar-refractivity contribution in [3.05, 3.63) is 57.3 Å². The maximum absolute atomic E-state index is 12.9. The van der Waals surface area contributed by atoms with Gasteiger partial charge in [-0.3, -0.25) is 9.69 Å². The molecule has 0 N–H and O–H groups in total. The van der Waals surface area contributed by atoms with Crippen LogP contribution in [0, 0.1) is 12.3 Å². The van der Waals surface area contributed by atoms with Crippen molar-refractivity contribution >= 4 is 23.5 Å². The molecule has 2 aromatic rings. The van der Waals surface area contributed by atoms with E-state index in [-0.39, 0.29) is 11.3 Å². The van der Waals surface area contributed by atoms with Crippen LogP contribution < -0.4 is 0 Å². The van der Waals surface area contributed by atoms with E-state index in [1.54, 1.807) is 11.3 Å². The van der Waals surface area contributed by atoms with Crippen molar-refractivity contribution in [3.8, 4) is 0 Å². The number of carbonyl (C=O) groups is 2. The number of hydrogen-bond donors (Lipinski definition) is 0. The second kappa shape index (κ2) is 8.80. The van der Waals surface area contributed by atoms with E-state index in [1.165, 1.54) is 16.9 Å². The molecule has 1 spiro atoms. The maximum Gasteiger partial charge on any atom is 0.263 e. The topological polar surface area (TPSA) is 40.6 Å². The summed E-state index contributed by atoms with van der Waals surface area (Å²) in [5.74, 6) is 0.219. The number of thiophene rings is 1. The normalized spacial score (nSPS) is 19.4. The van der Waals surface area contributed by atoms with Gasteiger partial charge in [-0.1, -0.05) is 24.3 Å². The van der Waals surface area contributed by atoms with Crippen molar-refractivity contribution in [3.63, 3.8) is 0 Å². The summed E-state index contributed by atoms with van der Waals surface area (Å²) in [5.41, 5.74) is 2.67. The van der Waals surface area contributed by atoms with E-state index < -0.39 is 0 Å². The third-order valence-corrected chi connectivity index (χ3v) is 7.52. The van der Waals surface area contributed by atoms with Gasteiger partial charge in [-0.2, -0.15) is 0 Å². The van der Waals surface area contributed by atoms with Crippen LogP contribution in [0.1, 0.15) is 51.4 Å². The summed E-state index contributed by atoms with van der Waals surface area (Å²) < 4.78 is 0. The molecule has 0 saturated carbocycles. The number of carbonyl (C=O) groups excluding carboxylic acids is 2. The zero-order chi connectivity index (χ0) is 20.3. The second-order valence-electron chi connectivity index (χ2n) is 8.71. The Hall–Kier alpha value is -1.98. The zero-order valence-electron chi connectivity index (χ0n) is 17.2. The lowest BCUT2D eigenvalue weighted by Gasteiger charge is -2.47. The van der Waals surface area contributed by atoms with Crippen molar-refractivity contribution in [2.75, 3.05) is 26.2 Å². The molecule has 0 unspecified atom stereocenters. The minimum absolute atomic E-state index is 0.219. The van der Waals surface area contributed by atoms with Gasteiger partial charge in [0.25, 0.3) is 5.91 Å². The predicted molar refractivity (Wildman–Crippen MR) is 117 cm³/mol. The minimum Gasteiger partial charge on any atom is -0.337 e. The van der Waals surface area contributed by atoms with Crippen molar-refractivity contribution in [1.29, 1.82) is 0 Å². The van der Waals surface area contributed by atoms with Crippen LogP contribution in [0.15, 0.2) is 36.4 Å². The summed E-state index contributed by atoms with van der Waals surface area (Å²) in [6.07, 6.45) is 6.14. The SMILES string of the molecule is Cc1ccc(C(=O)N2CCCC3(CCN(Cc4cccc(CC=O)c4)CC3)C2)s1. The van der Waals surface area contributed by atoms with Crippen LogP contribution in [0.25, 0.3) is 0 Å². The Balaban J connectivity index is 1.35. The maximum atomic E-state index is 12.9. The minimum atomic E-state index is 0.219. The third kappa shape index (κ3) is 4.78. The van der Waals surface area contributed by atoms with Crippen molar-refractivity contribution in [1.82, 2.24) is 9.80 Å². The number of hydrogen-bond acceptors (Lipinski definition) is 4. The second-order valence-corrected chi connectivity index (χ2v) is 10.00. The van der Waals surface area contributed by atoms with Gasteiger partial charge in [0.1, 0.15) is 6.29 Å². The van der Waals surface area contributed by atoms with Crippen LogP contribution in [0.4, 0.5) is 0 Å². The lowest BCUT2D eigenvalue weighted by molar-refractivity contribution is -0.107. The number of aldehydes is 1. The van der Waals surface area contributed by atoms with Crippen LogP contribution in [0.2, 0.25) is 0 Å². The number of aryl methyl sites for hydroxylation is 1. The number of nitrogens with zero attached hydrogens (tertiary/aromatic N) is 2. The van der Waals surface area contributed by atoms with Crippen LogP contribution in [-0.2, 0) is 17.8 Å². The lowest BCUT2D eigenvalue weighted by Crippen LogP contribution is -2.50. The molecule has 5 heteroatoms. The monoisotopic (exact) mass is 410 g/mol. The van der Waals surface area contributed by atoms with Crippen molar-refractivity contribution in [2.45, 2.75) is 45.6 Å². The van der Waals surface area contributed by atoms with Crippen LogP contribution in [0.3, 0.4) is 0 Å². The summed E-state index contributed by atoms with van der Waals surface area (Å²) in [7, 11) is 0. The quantitative estimate of drug-likeness (QED) is 0.690. The van der Waals surface area contributed by atoms with E-state index in [0.717, 1.165) is 68.7 Å². The Kier molecular flexibility index (Phi) is 6.16. The molecule has 2 aliphatic heterocycles. The molecule has 29 heavy (non-hydrogen) atoms. The van der Waals surface area contributed by atoms with E-state index in [2.05, 4.69) is 34.9 Å². The van der Waals surface area contributed by atoms with E-state index in [9.17, 15) is 9.59 Å². The molecular formula is C24H30N2O2S. The first-order valence-corrected chi connectivity index (χ1v) is 11.5.